The van der Waals surface area contributed by atoms with Gasteiger partial charge in [-0.05, 0) is 30.2 Å². The molecule has 0 amide bonds. The van der Waals surface area contributed by atoms with Crippen LogP contribution in [0.15, 0.2) is 43.0 Å². The third-order valence-electron chi connectivity index (χ3n) is 5.29. The second-order valence-electron chi connectivity index (χ2n) is 7.21. The number of nitrogens with zero attached hydrogens (tertiary/aromatic N) is 6. The third-order valence-corrected chi connectivity index (χ3v) is 5.74. The first-order chi connectivity index (χ1) is 15.6. The van der Waals surface area contributed by atoms with Crippen LogP contribution in [0.4, 0.5) is 10.2 Å². The van der Waals surface area contributed by atoms with E-state index in [-0.39, 0.29) is 5.02 Å². The average Bonchev–Trinajstić information content (AvgIpc) is 3.50. The Morgan fingerprint density at radius 1 is 1.09 bits per heavy atom. The molecule has 0 aliphatic rings. The van der Waals surface area contributed by atoms with E-state index >= 15 is 4.39 Å². The van der Waals surface area contributed by atoms with Crippen LogP contribution in [-0.2, 0) is 0 Å². The zero-order valence-electron chi connectivity index (χ0n) is 17.1. The molecule has 0 saturated carbocycles. The molecule has 32 heavy (non-hydrogen) atoms. The lowest BCUT2D eigenvalue weighted by Crippen LogP contribution is -2.14. The van der Waals surface area contributed by atoms with E-state index in [2.05, 4.69) is 45.9 Å². The normalized spacial score (nSPS) is 12.2. The lowest BCUT2D eigenvalue weighted by molar-refractivity contribution is 0.600. The van der Waals surface area contributed by atoms with Crippen molar-refractivity contribution in [3.63, 3.8) is 0 Å². The van der Waals surface area contributed by atoms with Crippen LogP contribution in [-0.4, -0.2) is 40.6 Å². The highest BCUT2D eigenvalue weighted by molar-refractivity contribution is 6.32. The Bertz CT molecular complexity index is 1400. The first kappa shape index (κ1) is 20.0. The molecule has 1 atom stereocenters. The molecule has 0 radical (unpaired) electrons. The molecular weight excluding hydrogens is 433 g/mol. The fourth-order valence-electron chi connectivity index (χ4n) is 3.83. The Kier molecular flexibility index (Phi) is 4.98. The van der Waals surface area contributed by atoms with Gasteiger partial charge in [0.15, 0.2) is 11.5 Å². The van der Waals surface area contributed by atoms with Crippen LogP contribution in [0, 0.1) is 12.7 Å². The molecule has 5 rings (SSSR count). The van der Waals surface area contributed by atoms with Gasteiger partial charge in [0.05, 0.1) is 17.4 Å². The topological polar surface area (TPSA) is 121 Å². The molecule has 3 N–H and O–H groups in total. The lowest BCUT2D eigenvalue weighted by atomic mass is 9.87. The molecule has 0 saturated heterocycles. The van der Waals surface area contributed by atoms with Crippen LogP contribution in [0.25, 0.3) is 33.7 Å². The second kappa shape index (κ2) is 7.97. The number of hydrogen-bond acceptors (Lipinski definition) is 7. The molecule has 0 spiro atoms. The molecule has 0 aliphatic carbocycles. The number of imidazole rings is 1. The summed E-state index contributed by atoms with van der Waals surface area (Å²) in [7, 11) is 0. The summed E-state index contributed by atoms with van der Waals surface area (Å²) in [6, 6.07) is 8.94. The third kappa shape index (κ3) is 3.25. The van der Waals surface area contributed by atoms with Crippen molar-refractivity contribution in [2.45, 2.75) is 19.9 Å². The van der Waals surface area contributed by atoms with Crippen LogP contribution in [0.3, 0.4) is 0 Å². The van der Waals surface area contributed by atoms with Crippen molar-refractivity contribution in [1.29, 1.82) is 0 Å². The molecule has 3 heterocycles. The molecule has 11 heteroatoms. The van der Waals surface area contributed by atoms with Crippen molar-refractivity contribution in [3.8, 4) is 22.5 Å². The first-order valence-electron chi connectivity index (χ1n) is 9.77. The van der Waals surface area contributed by atoms with Crippen LogP contribution >= 0.6 is 11.6 Å². The van der Waals surface area contributed by atoms with E-state index in [1.54, 1.807) is 6.92 Å². The summed E-state index contributed by atoms with van der Waals surface area (Å²) in [5.74, 6) is 0.302. The van der Waals surface area contributed by atoms with E-state index in [0.29, 0.717) is 45.1 Å². The molecular formula is C21H17ClFN9. The molecule has 0 bridgehead atoms. The minimum absolute atomic E-state index is 0.00232. The summed E-state index contributed by atoms with van der Waals surface area (Å²) >= 11 is 6.46. The quantitative estimate of drug-likeness (QED) is 0.362. The van der Waals surface area contributed by atoms with E-state index in [4.69, 9.17) is 11.6 Å². The van der Waals surface area contributed by atoms with Gasteiger partial charge >= 0.3 is 0 Å². The van der Waals surface area contributed by atoms with Crippen molar-refractivity contribution < 1.29 is 4.39 Å². The lowest BCUT2D eigenvalue weighted by Gasteiger charge is -2.24. The van der Waals surface area contributed by atoms with Crippen LogP contribution in [0.2, 0.25) is 5.02 Å². The summed E-state index contributed by atoms with van der Waals surface area (Å²) < 4.78 is 15.7. The zero-order chi connectivity index (χ0) is 22.2. The highest BCUT2D eigenvalue weighted by Gasteiger charge is 2.28. The van der Waals surface area contributed by atoms with Crippen molar-refractivity contribution in [1.82, 2.24) is 40.6 Å². The standard InChI is InChI=1S/C21H17ClFN9/c1-10-13(19-29-31-32-30-19)15(12-6-4-3-5-7-12)14(17(23)16(10)22)11(2)28-21-18-20(25-8-24-18)26-9-27-21/h3-9,11H,1-2H3,(H,29,30,31,32)(H2,24,25,26,27,28). The summed E-state index contributed by atoms with van der Waals surface area (Å²) in [4.78, 5) is 15.6. The van der Waals surface area contributed by atoms with Gasteiger partial charge in [-0.1, -0.05) is 41.9 Å². The number of aromatic amines is 2. The summed E-state index contributed by atoms with van der Waals surface area (Å²) in [5.41, 5.74) is 4.04. The van der Waals surface area contributed by atoms with E-state index in [1.807, 2.05) is 37.3 Å². The first-order valence-corrected chi connectivity index (χ1v) is 10.1. The monoisotopic (exact) mass is 449 g/mol. The molecule has 0 aliphatic heterocycles. The van der Waals surface area contributed by atoms with Crippen molar-refractivity contribution >= 4 is 28.6 Å². The minimum atomic E-state index is -0.532. The molecule has 5 aromatic rings. The van der Waals surface area contributed by atoms with E-state index < -0.39 is 11.9 Å². The van der Waals surface area contributed by atoms with Gasteiger partial charge in [-0.3, -0.25) is 0 Å². The minimum Gasteiger partial charge on any atom is -0.362 e. The Morgan fingerprint density at radius 2 is 1.91 bits per heavy atom. The predicted molar refractivity (Wildman–Crippen MR) is 118 cm³/mol. The smallest absolute Gasteiger partial charge is 0.205 e. The highest BCUT2D eigenvalue weighted by atomic mass is 35.5. The SMILES string of the molecule is Cc1c(Cl)c(F)c(C(C)Nc2ncnc3nc[nH]c23)c(-c2ccccc2)c1-c1nn[nH]n1. The summed E-state index contributed by atoms with van der Waals surface area (Å²) in [6.07, 6.45) is 2.93. The predicted octanol–water partition coefficient (Wildman–Crippen LogP) is 4.47. The van der Waals surface area contributed by atoms with Gasteiger partial charge in [-0.15, -0.1) is 10.2 Å². The largest absolute Gasteiger partial charge is 0.362 e. The maximum Gasteiger partial charge on any atom is 0.205 e. The fraction of sp³-hybridized carbons (Fsp3) is 0.143. The fourth-order valence-corrected chi connectivity index (χ4v) is 4.03. The molecule has 0 fully saturated rings. The van der Waals surface area contributed by atoms with Gasteiger partial charge in [-0.2, -0.15) is 5.21 Å². The Hall–Kier alpha value is -3.92. The summed E-state index contributed by atoms with van der Waals surface area (Å²) in [5, 5.41) is 17.7. The van der Waals surface area contributed by atoms with Gasteiger partial charge in [0.2, 0.25) is 5.82 Å². The Balaban J connectivity index is 1.75. The Morgan fingerprint density at radius 3 is 2.66 bits per heavy atom. The van der Waals surface area contributed by atoms with Crippen molar-refractivity contribution in [2.75, 3.05) is 5.32 Å². The van der Waals surface area contributed by atoms with Crippen LogP contribution in [0.1, 0.15) is 24.1 Å². The number of rotatable bonds is 5. The number of aromatic nitrogens is 8. The van der Waals surface area contributed by atoms with Gasteiger partial charge in [0, 0.05) is 16.7 Å². The van der Waals surface area contributed by atoms with Gasteiger partial charge in [0.1, 0.15) is 17.7 Å². The highest BCUT2D eigenvalue weighted by Crippen LogP contribution is 2.44. The number of anilines is 1. The van der Waals surface area contributed by atoms with Gasteiger partial charge < -0.3 is 10.3 Å². The maximum atomic E-state index is 15.7. The van der Waals surface area contributed by atoms with Crippen LogP contribution < -0.4 is 5.32 Å². The zero-order valence-corrected chi connectivity index (χ0v) is 17.8. The van der Waals surface area contributed by atoms with Gasteiger partial charge in [0.25, 0.3) is 0 Å². The number of tetrazole rings is 1. The molecule has 9 nitrogen and oxygen atoms in total. The molecule has 2 aromatic carbocycles. The maximum absolute atomic E-state index is 15.7. The molecule has 1 unspecified atom stereocenters. The number of hydrogen-bond donors (Lipinski definition) is 3. The average molecular weight is 450 g/mol. The summed E-state index contributed by atoms with van der Waals surface area (Å²) in [6.45, 7) is 3.57. The Labute approximate surface area is 186 Å². The van der Waals surface area contributed by atoms with E-state index in [1.165, 1.54) is 12.7 Å². The number of H-pyrrole nitrogens is 2. The van der Waals surface area contributed by atoms with Crippen molar-refractivity contribution in [2.24, 2.45) is 0 Å². The number of nitrogens with one attached hydrogen (secondary N) is 3. The number of fused-ring (bicyclic) bond motifs is 1. The molecule has 3 aromatic heterocycles. The van der Waals surface area contributed by atoms with E-state index in [9.17, 15) is 0 Å². The van der Waals surface area contributed by atoms with Crippen molar-refractivity contribution in [3.05, 3.63) is 65.0 Å². The van der Waals surface area contributed by atoms with Gasteiger partial charge in [-0.25, -0.2) is 19.3 Å². The second-order valence-corrected chi connectivity index (χ2v) is 7.59. The number of halogens is 2. The molecule has 160 valence electrons. The van der Waals surface area contributed by atoms with E-state index in [0.717, 1.165) is 5.56 Å². The number of benzene rings is 2. The van der Waals surface area contributed by atoms with Crippen LogP contribution in [0.5, 0.6) is 0 Å².